The molecule has 0 radical (unpaired) electrons. The van der Waals surface area contributed by atoms with Crippen LogP contribution in [-0.4, -0.2) is 22.3 Å². The number of nitrogens with one attached hydrogen (secondary N) is 1. The van der Waals surface area contributed by atoms with Crippen LogP contribution in [-0.2, 0) is 6.54 Å². The molecule has 0 atom stereocenters. The van der Waals surface area contributed by atoms with Crippen LogP contribution in [0.25, 0.3) is 11.4 Å². The molecule has 24 heavy (non-hydrogen) atoms. The highest BCUT2D eigenvalue weighted by Gasteiger charge is 2.08. The first kappa shape index (κ1) is 15.9. The van der Waals surface area contributed by atoms with E-state index in [9.17, 15) is 0 Å². The van der Waals surface area contributed by atoms with Crippen LogP contribution in [0.4, 0.5) is 5.82 Å². The van der Waals surface area contributed by atoms with Crippen molar-refractivity contribution in [3.63, 3.8) is 0 Å². The molecule has 0 amide bonds. The summed E-state index contributed by atoms with van der Waals surface area (Å²) in [6.07, 6.45) is 0. The average molecular weight is 320 g/mol. The third kappa shape index (κ3) is 3.68. The predicted molar refractivity (Wildman–Crippen MR) is 95.1 cm³/mol. The van der Waals surface area contributed by atoms with E-state index in [4.69, 9.17) is 4.74 Å². The zero-order chi connectivity index (χ0) is 16.9. The van der Waals surface area contributed by atoms with Crippen molar-refractivity contribution < 1.29 is 4.74 Å². The number of hydrogen-bond donors (Lipinski definition) is 1. The molecule has 5 nitrogen and oxygen atoms in total. The minimum Gasteiger partial charge on any atom is -0.497 e. The van der Waals surface area contributed by atoms with Crippen LogP contribution < -0.4 is 10.1 Å². The summed E-state index contributed by atoms with van der Waals surface area (Å²) in [6.45, 7) is 4.59. The number of rotatable bonds is 5. The Morgan fingerprint density at radius 3 is 2.54 bits per heavy atom. The van der Waals surface area contributed by atoms with Crippen molar-refractivity contribution in [2.75, 3.05) is 12.4 Å². The maximum Gasteiger partial charge on any atom is 0.183 e. The summed E-state index contributed by atoms with van der Waals surface area (Å²) in [6, 6.07) is 16.0. The van der Waals surface area contributed by atoms with Gasteiger partial charge in [0.15, 0.2) is 11.6 Å². The van der Waals surface area contributed by atoms with Crippen molar-refractivity contribution in [3.05, 3.63) is 65.4 Å². The first-order valence-corrected chi connectivity index (χ1v) is 7.81. The Morgan fingerprint density at radius 1 is 1.00 bits per heavy atom. The minimum atomic E-state index is 0.619. The maximum absolute atomic E-state index is 5.25. The largest absolute Gasteiger partial charge is 0.497 e. The molecular formula is C19H20N4O. The van der Waals surface area contributed by atoms with Crippen molar-refractivity contribution in [3.8, 4) is 17.1 Å². The number of benzene rings is 2. The van der Waals surface area contributed by atoms with Crippen molar-refractivity contribution in [1.29, 1.82) is 0 Å². The van der Waals surface area contributed by atoms with E-state index in [-0.39, 0.29) is 0 Å². The molecule has 1 N–H and O–H groups in total. The van der Waals surface area contributed by atoms with E-state index in [2.05, 4.69) is 27.4 Å². The fourth-order valence-corrected chi connectivity index (χ4v) is 2.34. The van der Waals surface area contributed by atoms with E-state index < -0.39 is 0 Å². The van der Waals surface area contributed by atoms with E-state index in [0.29, 0.717) is 12.4 Å². The second-order valence-corrected chi connectivity index (χ2v) is 5.64. The Kier molecular flexibility index (Phi) is 4.70. The van der Waals surface area contributed by atoms with Gasteiger partial charge in [-0.3, -0.25) is 0 Å². The van der Waals surface area contributed by atoms with Crippen LogP contribution in [0.1, 0.15) is 16.8 Å². The average Bonchev–Trinajstić information content (AvgIpc) is 2.62. The lowest BCUT2D eigenvalue weighted by Crippen LogP contribution is -2.07. The molecule has 0 unspecified atom stereocenters. The summed E-state index contributed by atoms with van der Waals surface area (Å²) >= 11 is 0. The fraction of sp³-hybridized carbons (Fsp3) is 0.211. The Labute approximate surface area is 141 Å². The summed E-state index contributed by atoms with van der Waals surface area (Å²) in [5.74, 6) is 2.20. The minimum absolute atomic E-state index is 0.619. The lowest BCUT2D eigenvalue weighted by molar-refractivity contribution is 0.414. The van der Waals surface area contributed by atoms with Gasteiger partial charge < -0.3 is 10.1 Å². The van der Waals surface area contributed by atoms with Gasteiger partial charge in [0.05, 0.1) is 7.11 Å². The molecule has 0 aliphatic carbocycles. The molecule has 0 fully saturated rings. The summed E-state index contributed by atoms with van der Waals surface area (Å²) in [5.41, 5.74) is 4.05. The lowest BCUT2D eigenvalue weighted by Gasteiger charge is -2.10. The van der Waals surface area contributed by atoms with Gasteiger partial charge in [-0.25, -0.2) is 4.98 Å². The smallest absolute Gasteiger partial charge is 0.183 e. The molecule has 122 valence electrons. The highest BCUT2D eigenvalue weighted by atomic mass is 16.5. The second kappa shape index (κ2) is 7.08. The van der Waals surface area contributed by atoms with Crippen LogP contribution in [0.5, 0.6) is 5.75 Å². The number of methoxy groups -OCH3 is 1. The zero-order valence-corrected chi connectivity index (χ0v) is 14.1. The third-order valence-electron chi connectivity index (χ3n) is 3.76. The van der Waals surface area contributed by atoms with E-state index in [1.807, 2.05) is 55.5 Å². The summed E-state index contributed by atoms with van der Waals surface area (Å²) in [5, 5.41) is 11.8. The highest BCUT2D eigenvalue weighted by molar-refractivity contribution is 5.57. The summed E-state index contributed by atoms with van der Waals surface area (Å²) in [7, 11) is 1.67. The van der Waals surface area contributed by atoms with Crippen molar-refractivity contribution in [1.82, 2.24) is 15.2 Å². The maximum atomic E-state index is 5.25. The van der Waals surface area contributed by atoms with Crippen LogP contribution in [0.2, 0.25) is 0 Å². The molecule has 0 aliphatic heterocycles. The highest BCUT2D eigenvalue weighted by Crippen LogP contribution is 2.19. The molecule has 3 aromatic rings. The third-order valence-corrected chi connectivity index (χ3v) is 3.76. The first-order chi connectivity index (χ1) is 11.7. The van der Waals surface area contributed by atoms with Crippen molar-refractivity contribution >= 4 is 5.82 Å². The first-order valence-electron chi connectivity index (χ1n) is 7.81. The van der Waals surface area contributed by atoms with E-state index in [0.717, 1.165) is 28.4 Å². The second-order valence-electron chi connectivity index (χ2n) is 5.64. The quantitative estimate of drug-likeness (QED) is 0.775. The number of aryl methyl sites for hydroxylation is 2. The standard InChI is InChI=1S/C19H20N4O/c1-13-7-9-16(10-8-13)19-21-18(14(2)22-23-19)20-12-15-5-4-6-17(11-15)24-3/h4-11H,12H2,1-3H3,(H,20,21,23). The fourth-order valence-electron chi connectivity index (χ4n) is 2.34. The summed E-state index contributed by atoms with van der Waals surface area (Å²) < 4.78 is 5.25. The topological polar surface area (TPSA) is 59.9 Å². The normalized spacial score (nSPS) is 10.5. The van der Waals surface area contributed by atoms with Crippen LogP contribution in [0, 0.1) is 13.8 Å². The van der Waals surface area contributed by atoms with Gasteiger partial charge in [0.25, 0.3) is 0 Å². The SMILES string of the molecule is COc1cccc(CNc2nc(-c3ccc(C)cc3)nnc2C)c1. The van der Waals surface area contributed by atoms with Gasteiger partial charge in [-0.15, -0.1) is 10.2 Å². The number of hydrogen-bond acceptors (Lipinski definition) is 5. The molecule has 1 heterocycles. The van der Waals surface area contributed by atoms with Gasteiger partial charge in [0, 0.05) is 12.1 Å². The van der Waals surface area contributed by atoms with Crippen molar-refractivity contribution in [2.24, 2.45) is 0 Å². The van der Waals surface area contributed by atoms with Crippen LogP contribution >= 0.6 is 0 Å². The van der Waals surface area contributed by atoms with Gasteiger partial charge in [-0.2, -0.15) is 0 Å². The Bertz CT molecular complexity index is 831. The molecule has 0 spiro atoms. The molecule has 2 aromatic carbocycles. The molecule has 0 aliphatic rings. The molecule has 0 saturated heterocycles. The van der Waals surface area contributed by atoms with E-state index >= 15 is 0 Å². The summed E-state index contributed by atoms with van der Waals surface area (Å²) in [4.78, 5) is 4.61. The number of anilines is 1. The molecule has 5 heteroatoms. The Hall–Kier alpha value is -2.95. The van der Waals surface area contributed by atoms with Gasteiger partial charge in [0.1, 0.15) is 11.4 Å². The van der Waals surface area contributed by atoms with Gasteiger partial charge in [-0.1, -0.05) is 42.0 Å². The molecule has 1 aromatic heterocycles. The Morgan fingerprint density at radius 2 is 1.79 bits per heavy atom. The lowest BCUT2D eigenvalue weighted by atomic mass is 10.1. The number of nitrogens with zero attached hydrogens (tertiary/aromatic N) is 3. The Balaban J connectivity index is 1.80. The van der Waals surface area contributed by atoms with E-state index in [1.54, 1.807) is 7.11 Å². The van der Waals surface area contributed by atoms with Crippen molar-refractivity contribution in [2.45, 2.75) is 20.4 Å². The van der Waals surface area contributed by atoms with Gasteiger partial charge in [0.2, 0.25) is 0 Å². The van der Waals surface area contributed by atoms with Gasteiger partial charge in [-0.05, 0) is 31.5 Å². The van der Waals surface area contributed by atoms with E-state index in [1.165, 1.54) is 5.56 Å². The van der Waals surface area contributed by atoms with Gasteiger partial charge >= 0.3 is 0 Å². The monoisotopic (exact) mass is 320 g/mol. The molecule has 3 rings (SSSR count). The van der Waals surface area contributed by atoms with Crippen LogP contribution in [0.15, 0.2) is 48.5 Å². The zero-order valence-electron chi connectivity index (χ0n) is 14.1. The molecule has 0 saturated carbocycles. The van der Waals surface area contributed by atoms with Crippen LogP contribution in [0.3, 0.4) is 0 Å². The molecule has 0 bridgehead atoms. The predicted octanol–water partition coefficient (Wildman–Crippen LogP) is 3.78. The number of ether oxygens (including phenoxy) is 1. The molecular weight excluding hydrogens is 300 g/mol. The number of aromatic nitrogens is 3.